The van der Waals surface area contributed by atoms with E-state index in [1.54, 1.807) is 0 Å². The quantitative estimate of drug-likeness (QED) is 0.823. The highest BCUT2D eigenvalue weighted by Crippen LogP contribution is 2.28. The minimum atomic E-state index is -2.84. The molecule has 4 nitrogen and oxygen atoms in total. The number of benzene rings is 1. The number of nitrogens with one attached hydrogen (secondary N) is 1. The minimum absolute atomic E-state index is 0.187. The Bertz CT molecular complexity index is 773. The zero-order chi connectivity index (χ0) is 13.6. The third-order valence-electron chi connectivity index (χ3n) is 3.76. The van der Waals surface area contributed by atoms with E-state index in [0.717, 1.165) is 11.0 Å². The smallest absolute Gasteiger partial charge is 0.178 e. The zero-order valence-electron chi connectivity index (χ0n) is 10.7. The number of sulfone groups is 1. The Balaban J connectivity index is 2.08. The third kappa shape index (κ3) is 2.34. The van der Waals surface area contributed by atoms with Crippen molar-refractivity contribution < 1.29 is 8.42 Å². The third-order valence-corrected chi connectivity index (χ3v) is 5.78. The Morgan fingerprint density at radius 3 is 2.68 bits per heavy atom. The van der Waals surface area contributed by atoms with Crippen molar-refractivity contribution in [1.29, 1.82) is 0 Å². The van der Waals surface area contributed by atoms with E-state index in [2.05, 4.69) is 15.6 Å². The summed E-state index contributed by atoms with van der Waals surface area (Å²) < 4.78 is 25.8. The van der Waals surface area contributed by atoms with Crippen LogP contribution in [0.1, 0.15) is 24.4 Å². The molecule has 3 rings (SSSR count). The number of fused-ring (bicyclic) bond motifs is 1. The van der Waals surface area contributed by atoms with Crippen LogP contribution in [0, 0.1) is 11.7 Å². The minimum Gasteiger partial charge on any atom is -0.331 e. The first-order valence-electron chi connectivity index (χ1n) is 6.37. The van der Waals surface area contributed by atoms with Gasteiger partial charge < -0.3 is 9.55 Å². The molecule has 0 amide bonds. The van der Waals surface area contributed by atoms with Crippen LogP contribution in [0.25, 0.3) is 11.0 Å². The summed E-state index contributed by atoms with van der Waals surface area (Å²) in [6.45, 7) is 2.05. The number of aromatic nitrogens is 2. The Morgan fingerprint density at radius 1 is 1.32 bits per heavy atom. The largest absolute Gasteiger partial charge is 0.331 e. The summed E-state index contributed by atoms with van der Waals surface area (Å²) in [6.07, 6.45) is 1.30. The fraction of sp³-hybridized carbons (Fsp3) is 0.462. The summed E-state index contributed by atoms with van der Waals surface area (Å²) in [5.74, 6) is 0.524. The molecule has 1 N–H and O–H groups in total. The van der Waals surface area contributed by atoms with Gasteiger partial charge in [-0.05, 0) is 49.7 Å². The van der Waals surface area contributed by atoms with Gasteiger partial charge in [0, 0.05) is 6.04 Å². The van der Waals surface area contributed by atoms with Gasteiger partial charge in [-0.3, -0.25) is 0 Å². The molecule has 102 valence electrons. The fourth-order valence-corrected chi connectivity index (χ4v) is 4.55. The molecule has 1 aromatic carbocycles. The van der Waals surface area contributed by atoms with E-state index in [-0.39, 0.29) is 17.5 Å². The number of hydrogen-bond acceptors (Lipinski definition) is 3. The van der Waals surface area contributed by atoms with Gasteiger partial charge in [0.1, 0.15) is 9.84 Å². The van der Waals surface area contributed by atoms with Gasteiger partial charge in [-0.15, -0.1) is 0 Å². The van der Waals surface area contributed by atoms with E-state index >= 15 is 0 Å². The first-order chi connectivity index (χ1) is 8.96. The molecule has 1 aliphatic rings. The number of aryl methyl sites for hydroxylation is 1. The van der Waals surface area contributed by atoms with Crippen LogP contribution in [0.3, 0.4) is 0 Å². The normalized spacial score (nSPS) is 19.8. The maximum atomic E-state index is 11.5. The summed E-state index contributed by atoms with van der Waals surface area (Å²) in [4.78, 5) is 3.20. The van der Waals surface area contributed by atoms with Gasteiger partial charge in [-0.2, -0.15) is 0 Å². The van der Waals surface area contributed by atoms with Crippen molar-refractivity contribution in [3.05, 3.63) is 28.5 Å². The van der Waals surface area contributed by atoms with Crippen molar-refractivity contribution in [2.45, 2.75) is 25.8 Å². The first kappa shape index (κ1) is 12.9. The van der Waals surface area contributed by atoms with Crippen LogP contribution in [-0.2, 0) is 9.84 Å². The molecule has 1 saturated heterocycles. The van der Waals surface area contributed by atoms with Gasteiger partial charge in [0.15, 0.2) is 4.77 Å². The average Bonchev–Trinajstić information content (AvgIpc) is 2.65. The Morgan fingerprint density at radius 2 is 2.00 bits per heavy atom. The summed E-state index contributed by atoms with van der Waals surface area (Å²) in [6, 6.07) is 6.36. The average molecular weight is 296 g/mol. The maximum absolute atomic E-state index is 11.5. The van der Waals surface area contributed by atoms with Crippen molar-refractivity contribution in [3.63, 3.8) is 0 Å². The zero-order valence-corrected chi connectivity index (χ0v) is 12.4. The van der Waals surface area contributed by atoms with Gasteiger partial charge in [0.05, 0.1) is 22.5 Å². The van der Waals surface area contributed by atoms with Crippen LogP contribution in [0.5, 0.6) is 0 Å². The number of nitrogens with zero attached hydrogens (tertiary/aromatic N) is 1. The maximum Gasteiger partial charge on any atom is 0.178 e. The lowest BCUT2D eigenvalue weighted by Gasteiger charge is -2.24. The van der Waals surface area contributed by atoms with E-state index in [4.69, 9.17) is 12.2 Å². The highest BCUT2D eigenvalue weighted by molar-refractivity contribution is 7.91. The SMILES string of the molecule is Cc1ccc2[nH]c(=S)n(C3CCS(=O)(=O)CC3)c2c1. The second-order valence-corrected chi connectivity index (χ2v) is 7.89. The van der Waals surface area contributed by atoms with E-state index in [9.17, 15) is 8.42 Å². The highest BCUT2D eigenvalue weighted by Gasteiger charge is 2.26. The van der Waals surface area contributed by atoms with Crippen LogP contribution in [0.15, 0.2) is 18.2 Å². The Labute approximate surface area is 117 Å². The number of aromatic amines is 1. The van der Waals surface area contributed by atoms with Gasteiger partial charge in [0.2, 0.25) is 0 Å². The van der Waals surface area contributed by atoms with Crippen molar-refractivity contribution in [1.82, 2.24) is 9.55 Å². The van der Waals surface area contributed by atoms with Crippen molar-refractivity contribution in [2.75, 3.05) is 11.5 Å². The molecule has 0 spiro atoms. The van der Waals surface area contributed by atoms with Crippen LogP contribution >= 0.6 is 12.2 Å². The Hall–Kier alpha value is -1.14. The molecule has 2 heterocycles. The first-order valence-corrected chi connectivity index (χ1v) is 8.60. The van der Waals surface area contributed by atoms with Gasteiger partial charge in [0.25, 0.3) is 0 Å². The molecular formula is C13H16N2O2S2. The fourth-order valence-electron chi connectivity index (χ4n) is 2.73. The molecule has 0 unspecified atom stereocenters. The molecule has 1 aromatic heterocycles. The summed E-state index contributed by atoms with van der Waals surface area (Å²) >= 11 is 5.39. The topological polar surface area (TPSA) is 54.9 Å². The second kappa shape index (κ2) is 4.45. The summed E-state index contributed by atoms with van der Waals surface area (Å²) in [5.41, 5.74) is 3.28. The van der Waals surface area contributed by atoms with Gasteiger partial charge >= 0.3 is 0 Å². The van der Waals surface area contributed by atoms with Crippen LogP contribution in [-0.4, -0.2) is 29.5 Å². The number of rotatable bonds is 1. The monoisotopic (exact) mass is 296 g/mol. The molecule has 0 aliphatic carbocycles. The van der Waals surface area contributed by atoms with E-state index in [1.165, 1.54) is 5.56 Å². The second-order valence-electron chi connectivity index (χ2n) is 5.20. The predicted octanol–water partition coefficient (Wildman–Crippen LogP) is 2.76. The molecule has 2 aromatic rings. The van der Waals surface area contributed by atoms with Crippen molar-refractivity contribution >= 4 is 33.1 Å². The molecule has 1 fully saturated rings. The number of H-pyrrole nitrogens is 1. The lowest BCUT2D eigenvalue weighted by atomic mass is 10.1. The van der Waals surface area contributed by atoms with Crippen LogP contribution in [0.2, 0.25) is 0 Å². The number of imidazole rings is 1. The van der Waals surface area contributed by atoms with E-state index in [0.29, 0.717) is 17.6 Å². The summed E-state index contributed by atoms with van der Waals surface area (Å²) in [5, 5.41) is 0. The molecule has 1 aliphatic heterocycles. The van der Waals surface area contributed by atoms with E-state index in [1.807, 2.05) is 19.1 Å². The predicted molar refractivity (Wildman–Crippen MR) is 78.8 cm³/mol. The molecule has 19 heavy (non-hydrogen) atoms. The number of hydrogen-bond donors (Lipinski definition) is 1. The molecule has 0 bridgehead atoms. The molecular weight excluding hydrogens is 280 g/mol. The lowest BCUT2D eigenvalue weighted by Crippen LogP contribution is -2.25. The molecule has 0 saturated carbocycles. The summed E-state index contributed by atoms with van der Waals surface area (Å²) in [7, 11) is -2.84. The van der Waals surface area contributed by atoms with Crippen LogP contribution < -0.4 is 0 Å². The van der Waals surface area contributed by atoms with Crippen molar-refractivity contribution in [2.24, 2.45) is 0 Å². The standard InChI is InChI=1S/C13H16N2O2S2/c1-9-2-3-11-12(8-9)15(13(18)14-11)10-4-6-19(16,17)7-5-10/h2-3,8,10H,4-7H2,1H3,(H,14,18). The molecule has 6 heteroatoms. The molecule has 0 atom stereocenters. The lowest BCUT2D eigenvalue weighted by molar-refractivity contribution is 0.455. The van der Waals surface area contributed by atoms with Gasteiger partial charge in [-0.25, -0.2) is 8.42 Å². The molecule has 0 radical (unpaired) electrons. The highest BCUT2D eigenvalue weighted by atomic mass is 32.2. The Kier molecular flexibility index (Phi) is 3.02. The van der Waals surface area contributed by atoms with Crippen LogP contribution in [0.4, 0.5) is 0 Å². The van der Waals surface area contributed by atoms with Crippen molar-refractivity contribution in [3.8, 4) is 0 Å². The van der Waals surface area contributed by atoms with Gasteiger partial charge in [-0.1, -0.05) is 6.07 Å². The van der Waals surface area contributed by atoms with E-state index < -0.39 is 9.84 Å².